The molecule has 0 radical (unpaired) electrons. The predicted octanol–water partition coefficient (Wildman–Crippen LogP) is 2.32. The molecule has 0 aromatic rings. The van der Waals surface area contributed by atoms with E-state index in [4.69, 9.17) is 0 Å². The summed E-state index contributed by atoms with van der Waals surface area (Å²) < 4.78 is 4.14. The van der Waals surface area contributed by atoms with Crippen LogP contribution in [0.4, 0.5) is 0 Å². The van der Waals surface area contributed by atoms with Crippen LogP contribution in [0.1, 0.15) is 19.8 Å². The van der Waals surface area contributed by atoms with Gasteiger partial charge in [0.1, 0.15) is 0 Å². The highest BCUT2D eigenvalue weighted by atomic mass is 16.5. The quantitative estimate of drug-likeness (QED) is 0.356. The van der Waals surface area contributed by atoms with Gasteiger partial charge >= 0.3 is 5.97 Å². The highest BCUT2D eigenvalue weighted by Gasteiger charge is 1.81. The van der Waals surface area contributed by atoms with E-state index < -0.39 is 5.97 Å². The molecule has 0 fully saturated rings. The number of rotatable bonds is 3. The molecule has 0 amide bonds. The Morgan fingerprint density at radius 1 is 1.55 bits per heavy atom. The van der Waals surface area contributed by atoms with Gasteiger partial charge in [-0.2, -0.15) is 0 Å². The van der Waals surface area contributed by atoms with E-state index in [0.29, 0.717) is 0 Å². The molecule has 2 nitrogen and oxygen atoms in total. The SMILES string of the molecule is C=CC(=O)OC.C=CCCC. The van der Waals surface area contributed by atoms with E-state index in [1.165, 1.54) is 13.5 Å². The zero-order chi connectivity index (χ0) is 9.11. The number of carbonyl (C=O) groups excluding carboxylic acids is 1. The molecule has 0 aromatic heterocycles. The van der Waals surface area contributed by atoms with Gasteiger partial charge in [0.05, 0.1) is 7.11 Å². The summed E-state index contributed by atoms with van der Waals surface area (Å²) in [5.41, 5.74) is 0. The lowest BCUT2D eigenvalue weighted by Gasteiger charge is -1.83. The van der Waals surface area contributed by atoms with E-state index in [1.54, 1.807) is 0 Å². The number of hydrogen-bond acceptors (Lipinski definition) is 2. The number of hydrogen-bond donors (Lipinski definition) is 0. The molecule has 0 saturated carbocycles. The van der Waals surface area contributed by atoms with E-state index in [-0.39, 0.29) is 0 Å². The van der Waals surface area contributed by atoms with Crippen LogP contribution >= 0.6 is 0 Å². The molecule has 0 aliphatic carbocycles. The van der Waals surface area contributed by atoms with E-state index in [9.17, 15) is 4.79 Å². The van der Waals surface area contributed by atoms with Crippen LogP contribution in [0.5, 0.6) is 0 Å². The van der Waals surface area contributed by atoms with Crippen LogP contribution in [0.2, 0.25) is 0 Å². The average molecular weight is 156 g/mol. The Hall–Kier alpha value is -1.05. The molecule has 0 unspecified atom stereocenters. The second-order valence-electron chi connectivity index (χ2n) is 1.80. The number of carbonyl (C=O) groups is 1. The molecule has 0 atom stereocenters. The van der Waals surface area contributed by atoms with Crippen molar-refractivity contribution in [3.05, 3.63) is 25.3 Å². The molecule has 0 bridgehead atoms. The van der Waals surface area contributed by atoms with Gasteiger partial charge in [-0.1, -0.05) is 26.0 Å². The molecule has 64 valence electrons. The first kappa shape index (κ1) is 12.6. The van der Waals surface area contributed by atoms with Gasteiger partial charge in [-0.15, -0.1) is 6.58 Å². The van der Waals surface area contributed by atoms with Gasteiger partial charge in [0.2, 0.25) is 0 Å². The molecule has 0 heterocycles. The van der Waals surface area contributed by atoms with E-state index >= 15 is 0 Å². The van der Waals surface area contributed by atoms with Crippen molar-refractivity contribution >= 4 is 5.97 Å². The van der Waals surface area contributed by atoms with Crippen LogP contribution in [0.3, 0.4) is 0 Å². The Morgan fingerprint density at radius 3 is 2.09 bits per heavy atom. The minimum atomic E-state index is -0.394. The maximum atomic E-state index is 9.84. The molecular formula is C9H16O2. The average Bonchev–Trinajstić information content (AvgIpc) is 2.06. The van der Waals surface area contributed by atoms with Gasteiger partial charge in [-0.3, -0.25) is 0 Å². The van der Waals surface area contributed by atoms with Crippen molar-refractivity contribution in [3.8, 4) is 0 Å². The smallest absolute Gasteiger partial charge is 0.329 e. The van der Waals surface area contributed by atoms with E-state index in [0.717, 1.165) is 12.5 Å². The lowest BCUT2D eigenvalue weighted by molar-refractivity contribution is -0.134. The molecule has 11 heavy (non-hydrogen) atoms. The molecule has 0 aliphatic heterocycles. The normalized spacial score (nSPS) is 7.09. The lowest BCUT2D eigenvalue weighted by Crippen LogP contribution is -1.91. The van der Waals surface area contributed by atoms with Crippen molar-refractivity contribution in [2.24, 2.45) is 0 Å². The number of esters is 1. The van der Waals surface area contributed by atoms with Gasteiger partial charge in [0.15, 0.2) is 0 Å². The molecule has 2 heteroatoms. The second-order valence-corrected chi connectivity index (χ2v) is 1.80. The first-order valence-corrected chi connectivity index (χ1v) is 3.54. The summed E-state index contributed by atoms with van der Waals surface area (Å²) in [6.07, 6.45) is 5.42. The Morgan fingerprint density at radius 2 is 2.09 bits per heavy atom. The first-order valence-electron chi connectivity index (χ1n) is 3.54. The number of ether oxygens (including phenoxy) is 1. The van der Waals surface area contributed by atoms with E-state index in [1.807, 2.05) is 6.08 Å². The fourth-order valence-corrected chi connectivity index (χ4v) is 0.287. The highest BCUT2D eigenvalue weighted by Crippen LogP contribution is 1.82. The molecule has 0 aromatic carbocycles. The van der Waals surface area contributed by atoms with Crippen molar-refractivity contribution in [2.45, 2.75) is 19.8 Å². The third-order valence-electron chi connectivity index (χ3n) is 0.861. The van der Waals surface area contributed by atoms with Gasteiger partial charge in [-0.05, 0) is 6.42 Å². The number of methoxy groups -OCH3 is 1. The van der Waals surface area contributed by atoms with Crippen LogP contribution < -0.4 is 0 Å². The summed E-state index contributed by atoms with van der Waals surface area (Å²) in [5.74, 6) is -0.394. The van der Waals surface area contributed by atoms with Crippen LogP contribution in [0, 0.1) is 0 Å². The lowest BCUT2D eigenvalue weighted by atomic mass is 10.3. The summed E-state index contributed by atoms with van der Waals surface area (Å²) in [6, 6.07) is 0. The summed E-state index contributed by atoms with van der Waals surface area (Å²) in [7, 11) is 1.31. The fraction of sp³-hybridized carbons (Fsp3) is 0.444. The van der Waals surface area contributed by atoms with Crippen LogP contribution in [0.25, 0.3) is 0 Å². The summed E-state index contributed by atoms with van der Waals surface area (Å²) in [5, 5.41) is 0. The van der Waals surface area contributed by atoms with Gasteiger partial charge in [0, 0.05) is 6.08 Å². The third kappa shape index (κ3) is 17.6. The summed E-state index contributed by atoms with van der Waals surface area (Å²) in [6.45, 7) is 8.85. The topological polar surface area (TPSA) is 26.3 Å². The Balaban J connectivity index is 0. The standard InChI is InChI=1S/C5H10.C4H6O2/c1-3-5-4-2;1-3-4(5)6-2/h3H,1,4-5H2,2H3;3H,1H2,2H3. The molecule has 0 rings (SSSR count). The third-order valence-corrected chi connectivity index (χ3v) is 0.861. The zero-order valence-corrected chi connectivity index (χ0v) is 7.30. The van der Waals surface area contributed by atoms with Crippen molar-refractivity contribution in [3.63, 3.8) is 0 Å². The minimum Gasteiger partial charge on any atom is -0.466 e. The molecule has 0 aliphatic rings. The molecule has 0 saturated heterocycles. The summed E-state index contributed by atoms with van der Waals surface area (Å²) in [4.78, 5) is 9.84. The summed E-state index contributed by atoms with van der Waals surface area (Å²) >= 11 is 0. The number of allylic oxidation sites excluding steroid dienone is 1. The Bertz CT molecular complexity index is 117. The van der Waals surface area contributed by atoms with Crippen LogP contribution in [-0.4, -0.2) is 13.1 Å². The van der Waals surface area contributed by atoms with Crippen molar-refractivity contribution in [1.29, 1.82) is 0 Å². The van der Waals surface area contributed by atoms with Gasteiger partial charge < -0.3 is 4.74 Å². The fourth-order valence-electron chi connectivity index (χ4n) is 0.287. The highest BCUT2D eigenvalue weighted by molar-refractivity contribution is 5.80. The zero-order valence-electron chi connectivity index (χ0n) is 7.30. The monoisotopic (exact) mass is 156 g/mol. The Kier molecular flexibility index (Phi) is 13.4. The van der Waals surface area contributed by atoms with Crippen LogP contribution in [-0.2, 0) is 9.53 Å². The van der Waals surface area contributed by atoms with Crippen molar-refractivity contribution in [2.75, 3.05) is 7.11 Å². The minimum absolute atomic E-state index is 0.394. The molecule has 0 spiro atoms. The van der Waals surface area contributed by atoms with E-state index in [2.05, 4.69) is 24.8 Å². The first-order chi connectivity index (χ1) is 5.22. The van der Waals surface area contributed by atoms with Crippen molar-refractivity contribution < 1.29 is 9.53 Å². The number of unbranched alkanes of at least 4 members (excludes halogenated alkanes) is 1. The maximum absolute atomic E-state index is 9.84. The molecular weight excluding hydrogens is 140 g/mol. The maximum Gasteiger partial charge on any atom is 0.329 e. The second kappa shape index (κ2) is 11.7. The van der Waals surface area contributed by atoms with Crippen molar-refractivity contribution in [1.82, 2.24) is 0 Å². The Labute approximate surface area is 68.6 Å². The molecule has 0 N–H and O–H groups in total. The predicted molar refractivity (Wildman–Crippen MR) is 47.3 cm³/mol. The van der Waals surface area contributed by atoms with Gasteiger partial charge in [0.25, 0.3) is 0 Å². The van der Waals surface area contributed by atoms with Crippen LogP contribution in [0.15, 0.2) is 25.3 Å². The van der Waals surface area contributed by atoms with Gasteiger partial charge in [-0.25, -0.2) is 4.79 Å². The largest absolute Gasteiger partial charge is 0.466 e.